The number of hydrogen-bond donors (Lipinski definition) is 2. The van der Waals surface area contributed by atoms with E-state index in [9.17, 15) is 0 Å². The van der Waals surface area contributed by atoms with Crippen molar-refractivity contribution in [3.8, 4) is 0 Å². The van der Waals surface area contributed by atoms with Crippen molar-refractivity contribution in [2.24, 2.45) is 5.84 Å². The highest BCUT2D eigenvalue weighted by Crippen LogP contribution is 2.32. The zero-order valence-electron chi connectivity index (χ0n) is 8.77. The van der Waals surface area contributed by atoms with Crippen molar-refractivity contribution >= 4 is 23.2 Å². The van der Waals surface area contributed by atoms with Crippen LogP contribution in [-0.2, 0) is 0 Å². The molecule has 0 spiro atoms. The van der Waals surface area contributed by atoms with Gasteiger partial charge in [0.25, 0.3) is 0 Å². The van der Waals surface area contributed by atoms with E-state index in [1.807, 2.05) is 0 Å². The van der Waals surface area contributed by atoms with Crippen molar-refractivity contribution in [2.75, 3.05) is 0 Å². The number of aromatic nitrogens is 2. The van der Waals surface area contributed by atoms with Gasteiger partial charge in [-0.25, -0.2) is 5.43 Å². The molecule has 6 heteroatoms. The largest absolute Gasteiger partial charge is 0.271 e. The summed E-state index contributed by atoms with van der Waals surface area (Å²) in [6.45, 7) is 0. The average Bonchev–Trinajstić information content (AvgIpc) is 2.35. The van der Waals surface area contributed by atoms with Crippen LogP contribution in [0.1, 0.15) is 17.3 Å². The molecule has 0 aliphatic carbocycles. The first-order chi connectivity index (χ1) is 8.24. The van der Waals surface area contributed by atoms with Gasteiger partial charge >= 0.3 is 0 Å². The van der Waals surface area contributed by atoms with Crippen LogP contribution in [-0.4, -0.2) is 9.97 Å². The van der Waals surface area contributed by atoms with Gasteiger partial charge in [0.15, 0.2) is 0 Å². The Morgan fingerprint density at radius 3 is 2.41 bits per heavy atom. The lowest BCUT2D eigenvalue weighted by Crippen LogP contribution is -2.30. The molecule has 2 rings (SSSR count). The molecule has 2 aromatic rings. The van der Waals surface area contributed by atoms with Crippen molar-refractivity contribution in [3.05, 3.63) is 58.1 Å². The van der Waals surface area contributed by atoms with Crippen LogP contribution in [0.2, 0.25) is 10.0 Å². The highest BCUT2D eigenvalue weighted by Gasteiger charge is 2.19. The topological polar surface area (TPSA) is 63.8 Å². The molecule has 0 aliphatic heterocycles. The van der Waals surface area contributed by atoms with Gasteiger partial charge in [0.05, 0.1) is 17.9 Å². The molecule has 1 atom stereocenters. The van der Waals surface area contributed by atoms with E-state index < -0.39 is 0 Å². The fourth-order valence-corrected chi connectivity index (χ4v) is 2.18. The van der Waals surface area contributed by atoms with Gasteiger partial charge in [0.2, 0.25) is 0 Å². The van der Waals surface area contributed by atoms with Gasteiger partial charge in [-0.15, -0.1) is 0 Å². The third-order valence-electron chi connectivity index (χ3n) is 2.33. The summed E-state index contributed by atoms with van der Waals surface area (Å²) < 4.78 is 0. The minimum Gasteiger partial charge on any atom is -0.271 e. The van der Waals surface area contributed by atoms with E-state index in [0.29, 0.717) is 21.3 Å². The number of nitrogens with zero attached hydrogens (tertiary/aromatic N) is 2. The SMILES string of the molecule is NNC(c1cnccn1)c1c(Cl)cccc1Cl. The molecule has 0 amide bonds. The molecule has 4 nitrogen and oxygen atoms in total. The number of nitrogens with two attached hydrogens (primary N) is 1. The summed E-state index contributed by atoms with van der Waals surface area (Å²) >= 11 is 12.2. The third kappa shape index (κ3) is 2.56. The standard InChI is InChI=1S/C11H10Cl2N4/c12-7-2-1-3-8(13)10(7)11(17-14)9-6-15-4-5-16-9/h1-6,11,17H,14H2. The quantitative estimate of drug-likeness (QED) is 0.663. The van der Waals surface area contributed by atoms with Gasteiger partial charge in [-0.1, -0.05) is 29.3 Å². The molecule has 88 valence electrons. The van der Waals surface area contributed by atoms with E-state index in [0.717, 1.165) is 0 Å². The van der Waals surface area contributed by atoms with E-state index in [-0.39, 0.29) is 6.04 Å². The second-order valence-electron chi connectivity index (χ2n) is 3.37. The minimum atomic E-state index is -0.384. The fraction of sp³-hybridized carbons (Fsp3) is 0.0909. The summed E-state index contributed by atoms with van der Waals surface area (Å²) in [5.41, 5.74) is 4.00. The van der Waals surface area contributed by atoms with Gasteiger partial charge in [-0.2, -0.15) is 0 Å². The molecule has 0 fully saturated rings. The molecule has 0 bridgehead atoms. The van der Waals surface area contributed by atoms with Crippen molar-refractivity contribution in [1.82, 2.24) is 15.4 Å². The molecule has 1 aromatic heterocycles. The molecule has 1 unspecified atom stereocenters. The van der Waals surface area contributed by atoms with Crippen LogP contribution in [0.15, 0.2) is 36.8 Å². The first-order valence-corrected chi connectivity index (χ1v) is 5.65. The Bertz CT molecular complexity index is 484. The molecule has 0 radical (unpaired) electrons. The Morgan fingerprint density at radius 1 is 1.18 bits per heavy atom. The predicted octanol–water partition coefficient (Wildman–Crippen LogP) is 2.34. The third-order valence-corrected chi connectivity index (χ3v) is 2.99. The molecule has 1 aromatic carbocycles. The van der Waals surface area contributed by atoms with Crippen LogP contribution in [0, 0.1) is 0 Å². The number of halogens is 2. The molecule has 17 heavy (non-hydrogen) atoms. The monoisotopic (exact) mass is 268 g/mol. The highest BCUT2D eigenvalue weighted by atomic mass is 35.5. The molecule has 0 saturated carbocycles. The lowest BCUT2D eigenvalue weighted by Gasteiger charge is -2.18. The van der Waals surface area contributed by atoms with Gasteiger partial charge in [-0.3, -0.25) is 15.8 Å². The Morgan fingerprint density at radius 2 is 1.88 bits per heavy atom. The maximum Gasteiger partial charge on any atom is 0.0925 e. The molecular formula is C11H10Cl2N4. The second kappa shape index (κ2) is 5.42. The molecular weight excluding hydrogens is 259 g/mol. The zero-order valence-corrected chi connectivity index (χ0v) is 10.3. The number of benzene rings is 1. The maximum atomic E-state index is 6.12. The van der Waals surface area contributed by atoms with E-state index in [2.05, 4.69) is 15.4 Å². The van der Waals surface area contributed by atoms with Crippen molar-refractivity contribution in [3.63, 3.8) is 0 Å². The number of hydrazine groups is 1. The summed E-state index contributed by atoms with van der Waals surface area (Å²) in [7, 11) is 0. The summed E-state index contributed by atoms with van der Waals surface area (Å²) in [6.07, 6.45) is 4.79. The van der Waals surface area contributed by atoms with Crippen molar-refractivity contribution in [2.45, 2.75) is 6.04 Å². The van der Waals surface area contributed by atoms with Crippen molar-refractivity contribution < 1.29 is 0 Å². The van der Waals surface area contributed by atoms with E-state index in [1.165, 1.54) is 0 Å². The fourth-order valence-electron chi connectivity index (χ4n) is 1.56. The highest BCUT2D eigenvalue weighted by molar-refractivity contribution is 6.36. The van der Waals surface area contributed by atoms with Gasteiger partial charge < -0.3 is 0 Å². The lowest BCUT2D eigenvalue weighted by atomic mass is 10.0. The zero-order chi connectivity index (χ0) is 12.3. The summed E-state index contributed by atoms with van der Waals surface area (Å²) in [5.74, 6) is 5.54. The Balaban J connectivity index is 2.50. The van der Waals surface area contributed by atoms with Gasteiger partial charge in [-0.05, 0) is 12.1 Å². The van der Waals surface area contributed by atoms with Crippen LogP contribution in [0.25, 0.3) is 0 Å². The van der Waals surface area contributed by atoms with Crippen LogP contribution in [0.4, 0.5) is 0 Å². The first kappa shape index (κ1) is 12.3. The molecule has 0 saturated heterocycles. The Labute approximate surface area is 109 Å². The normalized spacial score (nSPS) is 12.4. The maximum absolute atomic E-state index is 6.12. The van der Waals surface area contributed by atoms with E-state index in [4.69, 9.17) is 29.0 Å². The number of rotatable bonds is 3. The summed E-state index contributed by atoms with van der Waals surface area (Å²) in [4.78, 5) is 8.18. The smallest absolute Gasteiger partial charge is 0.0925 e. The average molecular weight is 269 g/mol. The van der Waals surface area contributed by atoms with Crippen LogP contribution >= 0.6 is 23.2 Å². The molecule has 0 aliphatic rings. The summed E-state index contributed by atoms with van der Waals surface area (Å²) in [6, 6.07) is 4.90. The molecule has 3 N–H and O–H groups in total. The van der Waals surface area contributed by atoms with Crippen molar-refractivity contribution in [1.29, 1.82) is 0 Å². The van der Waals surface area contributed by atoms with E-state index >= 15 is 0 Å². The summed E-state index contributed by atoms with van der Waals surface area (Å²) in [5, 5.41) is 1.07. The number of hydrogen-bond acceptors (Lipinski definition) is 4. The van der Waals surface area contributed by atoms with E-state index in [1.54, 1.807) is 36.8 Å². The lowest BCUT2D eigenvalue weighted by molar-refractivity contribution is 0.618. The minimum absolute atomic E-state index is 0.384. The first-order valence-electron chi connectivity index (χ1n) is 4.90. The predicted molar refractivity (Wildman–Crippen MR) is 67.7 cm³/mol. The number of nitrogens with one attached hydrogen (secondary N) is 1. The van der Waals surface area contributed by atoms with Gasteiger partial charge in [0.1, 0.15) is 0 Å². The Hall–Kier alpha value is -1.20. The van der Waals surface area contributed by atoms with Crippen LogP contribution in [0.5, 0.6) is 0 Å². The van der Waals surface area contributed by atoms with Crippen LogP contribution < -0.4 is 11.3 Å². The van der Waals surface area contributed by atoms with Gasteiger partial charge in [0, 0.05) is 28.0 Å². The van der Waals surface area contributed by atoms with Crippen LogP contribution in [0.3, 0.4) is 0 Å². The second-order valence-corrected chi connectivity index (χ2v) is 4.18. The Kier molecular flexibility index (Phi) is 3.91. The molecule has 1 heterocycles.